The van der Waals surface area contributed by atoms with Crippen molar-refractivity contribution in [3.8, 4) is 11.1 Å². The number of benzene rings is 1. The van der Waals surface area contributed by atoms with Crippen molar-refractivity contribution in [2.24, 2.45) is 5.73 Å². The quantitative estimate of drug-likeness (QED) is 0.723. The number of aromatic amines is 1. The summed E-state index contributed by atoms with van der Waals surface area (Å²) in [5.74, 6) is -1.26. The Morgan fingerprint density at radius 3 is 2.88 bits per heavy atom. The van der Waals surface area contributed by atoms with Crippen LogP contribution in [0, 0.1) is 5.82 Å². The van der Waals surface area contributed by atoms with Crippen molar-refractivity contribution < 1.29 is 9.18 Å². The first-order valence-electron chi connectivity index (χ1n) is 7.43. The molecule has 6 heteroatoms. The first-order chi connectivity index (χ1) is 11.5. The van der Waals surface area contributed by atoms with Crippen molar-refractivity contribution in [1.82, 2.24) is 9.55 Å². The summed E-state index contributed by atoms with van der Waals surface area (Å²) in [4.78, 5) is 26.8. The number of halogens is 1. The van der Waals surface area contributed by atoms with E-state index in [1.807, 2.05) is 19.1 Å². The number of H-pyrrole nitrogens is 1. The molecule has 0 fully saturated rings. The van der Waals surface area contributed by atoms with Gasteiger partial charge in [0.15, 0.2) is 0 Å². The van der Waals surface area contributed by atoms with Gasteiger partial charge < -0.3 is 15.3 Å². The fourth-order valence-corrected chi connectivity index (χ4v) is 2.67. The number of primary amides is 1. The highest BCUT2D eigenvalue weighted by atomic mass is 19.1. The molecule has 24 heavy (non-hydrogen) atoms. The van der Waals surface area contributed by atoms with E-state index in [0.29, 0.717) is 28.6 Å². The number of nitrogens with one attached hydrogen (secondary N) is 1. The number of pyridine rings is 1. The number of hydrogen-bond donors (Lipinski definition) is 2. The third-order valence-corrected chi connectivity index (χ3v) is 3.83. The van der Waals surface area contributed by atoms with Gasteiger partial charge in [-0.05, 0) is 36.8 Å². The van der Waals surface area contributed by atoms with E-state index in [9.17, 15) is 14.0 Å². The van der Waals surface area contributed by atoms with E-state index in [1.54, 1.807) is 18.5 Å². The molecule has 0 radical (unpaired) electrons. The van der Waals surface area contributed by atoms with Crippen LogP contribution in [0.4, 0.5) is 4.39 Å². The number of amides is 1. The van der Waals surface area contributed by atoms with E-state index in [-0.39, 0.29) is 11.1 Å². The standard InChI is InChI=1S/C18H16FN3O2/c1-2-3-6-22-10-15(14-4-5-21-16(14)18(22)24)11-7-12(17(20)23)9-13(19)8-11/h2-5,7-10,21H,6H2,1H3,(H2,20,23)/b3-2+. The molecule has 0 aliphatic rings. The molecule has 0 saturated carbocycles. The summed E-state index contributed by atoms with van der Waals surface area (Å²) < 4.78 is 15.4. The number of aromatic nitrogens is 2. The van der Waals surface area contributed by atoms with E-state index in [4.69, 9.17) is 5.73 Å². The Labute approximate surface area is 137 Å². The Balaban J connectivity index is 2.30. The van der Waals surface area contributed by atoms with Gasteiger partial charge in [0.25, 0.3) is 5.56 Å². The van der Waals surface area contributed by atoms with E-state index in [0.717, 1.165) is 6.07 Å². The summed E-state index contributed by atoms with van der Waals surface area (Å²) in [6.45, 7) is 2.26. The van der Waals surface area contributed by atoms with E-state index < -0.39 is 11.7 Å². The molecule has 2 aromatic heterocycles. The van der Waals surface area contributed by atoms with Gasteiger partial charge in [-0.25, -0.2) is 4.39 Å². The molecule has 3 aromatic rings. The molecule has 0 aliphatic heterocycles. The van der Waals surface area contributed by atoms with E-state index in [1.165, 1.54) is 16.7 Å². The van der Waals surface area contributed by atoms with Gasteiger partial charge in [-0.15, -0.1) is 0 Å². The fourth-order valence-electron chi connectivity index (χ4n) is 2.67. The molecule has 5 nitrogen and oxygen atoms in total. The summed E-state index contributed by atoms with van der Waals surface area (Å²) in [5, 5.41) is 0.665. The summed E-state index contributed by atoms with van der Waals surface area (Å²) in [6, 6.07) is 5.69. The number of carbonyl (C=O) groups is 1. The number of hydrogen-bond acceptors (Lipinski definition) is 2. The maximum Gasteiger partial charge on any atom is 0.275 e. The second kappa shape index (κ2) is 6.16. The molecular weight excluding hydrogens is 309 g/mol. The van der Waals surface area contributed by atoms with Crippen LogP contribution >= 0.6 is 0 Å². The fraction of sp³-hybridized carbons (Fsp3) is 0.111. The lowest BCUT2D eigenvalue weighted by molar-refractivity contribution is 0.1000. The summed E-state index contributed by atoms with van der Waals surface area (Å²) in [6.07, 6.45) is 7.01. The lowest BCUT2D eigenvalue weighted by Crippen LogP contribution is -2.19. The van der Waals surface area contributed by atoms with Gasteiger partial charge in [0.1, 0.15) is 11.3 Å². The van der Waals surface area contributed by atoms with E-state index in [2.05, 4.69) is 4.98 Å². The Hall–Kier alpha value is -3.15. The van der Waals surface area contributed by atoms with Crippen molar-refractivity contribution in [2.75, 3.05) is 0 Å². The molecule has 1 amide bonds. The molecule has 0 saturated heterocycles. The highest BCUT2D eigenvalue weighted by Gasteiger charge is 2.13. The molecule has 3 rings (SSSR count). The zero-order valence-corrected chi connectivity index (χ0v) is 13.0. The molecule has 0 atom stereocenters. The Morgan fingerprint density at radius 1 is 1.38 bits per heavy atom. The number of fused-ring (bicyclic) bond motifs is 1. The van der Waals surface area contributed by atoms with Crippen molar-refractivity contribution in [3.05, 3.63) is 70.5 Å². The van der Waals surface area contributed by atoms with Crippen molar-refractivity contribution in [3.63, 3.8) is 0 Å². The van der Waals surface area contributed by atoms with Crippen LogP contribution in [0.15, 0.2) is 53.6 Å². The summed E-state index contributed by atoms with van der Waals surface area (Å²) in [5.41, 5.74) is 6.76. The predicted molar refractivity (Wildman–Crippen MR) is 91.3 cm³/mol. The number of rotatable bonds is 4. The smallest absolute Gasteiger partial charge is 0.275 e. The minimum Gasteiger partial charge on any atom is -0.366 e. The third-order valence-electron chi connectivity index (χ3n) is 3.83. The summed E-state index contributed by atoms with van der Waals surface area (Å²) in [7, 11) is 0. The molecular formula is C18H16FN3O2. The molecule has 2 heterocycles. The lowest BCUT2D eigenvalue weighted by Gasteiger charge is -2.10. The van der Waals surface area contributed by atoms with Crippen molar-refractivity contribution in [2.45, 2.75) is 13.5 Å². The number of nitrogens with zero attached hydrogens (tertiary/aromatic N) is 1. The highest BCUT2D eigenvalue weighted by Crippen LogP contribution is 2.28. The van der Waals surface area contributed by atoms with Gasteiger partial charge in [-0.1, -0.05) is 12.2 Å². The van der Waals surface area contributed by atoms with Gasteiger partial charge in [0, 0.05) is 35.5 Å². The van der Waals surface area contributed by atoms with Crippen LogP contribution in [0.3, 0.4) is 0 Å². The third kappa shape index (κ3) is 2.74. The zero-order chi connectivity index (χ0) is 17.3. The molecule has 3 N–H and O–H groups in total. The lowest BCUT2D eigenvalue weighted by atomic mass is 10.0. The first-order valence-corrected chi connectivity index (χ1v) is 7.43. The van der Waals surface area contributed by atoms with Gasteiger partial charge in [0.05, 0.1) is 0 Å². The van der Waals surface area contributed by atoms with Crippen LogP contribution in [0.5, 0.6) is 0 Å². The van der Waals surface area contributed by atoms with Crippen LogP contribution in [-0.4, -0.2) is 15.5 Å². The second-order valence-electron chi connectivity index (χ2n) is 5.43. The van der Waals surface area contributed by atoms with Crippen LogP contribution in [-0.2, 0) is 6.54 Å². The zero-order valence-electron chi connectivity index (χ0n) is 13.0. The normalized spacial score (nSPS) is 11.4. The number of carbonyl (C=O) groups excluding carboxylic acids is 1. The maximum absolute atomic E-state index is 13.9. The Bertz CT molecular complexity index is 1010. The monoisotopic (exact) mass is 325 g/mol. The molecule has 0 bridgehead atoms. The minimum atomic E-state index is -0.705. The highest BCUT2D eigenvalue weighted by molar-refractivity contribution is 5.98. The SMILES string of the molecule is C/C=C/Cn1cc(-c2cc(F)cc(C(N)=O)c2)c2cc[nH]c2c1=O. The largest absolute Gasteiger partial charge is 0.366 e. The van der Waals surface area contributed by atoms with Crippen molar-refractivity contribution in [1.29, 1.82) is 0 Å². The minimum absolute atomic E-state index is 0.0832. The van der Waals surface area contributed by atoms with Crippen molar-refractivity contribution >= 4 is 16.8 Å². The molecule has 1 aromatic carbocycles. The van der Waals surface area contributed by atoms with Gasteiger partial charge >= 0.3 is 0 Å². The Kier molecular flexibility index (Phi) is 4.04. The van der Waals surface area contributed by atoms with Crippen LogP contribution in [0.25, 0.3) is 22.0 Å². The van der Waals surface area contributed by atoms with Gasteiger partial charge in [-0.3, -0.25) is 9.59 Å². The second-order valence-corrected chi connectivity index (χ2v) is 5.43. The van der Waals surface area contributed by atoms with Gasteiger partial charge in [0.2, 0.25) is 5.91 Å². The van der Waals surface area contributed by atoms with Crippen LogP contribution in [0.2, 0.25) is 0 Å². The van der Waals surface area contributed by atoms with Crippen LogP contribution < -0.4 is 11.3 Å². The molecule has 0 aliphatic carbocycles. The van der Waals surface area contributed by atoms with Gasteiger partial charge in [-0.2, -0.15) is 0 Å². The number of nitrogens with two attached hydrogens (primary N) is 1. The maximum atomic E-state index is 13.9. The average molecular weight is 325 g/mol. The molecule has 0 spiro atoms. The topological polar surface area (TPSA) is 80.9 Å². The molecule has 0 unspecified atom stereocenters. The average Bonchev–Trinajstić information content (AvgIpc) is 3.03. The molecule has 122 valence electrons. The predicted octanol–water partition coefficient (Wildman–Crippen LogP) is 2.81. The number of allylic oxidation sites excluding steroid dienone is 2. The van der Waals surface area contributed by atoms with Crippen LogP contribution in [0.1, 0.15) is 17.3 Å². The van der Waals surface area contributed by atoms with E-state index >= 15 is 0 Å². The Morgan fingerprint density at radius 2 is 2.17 bits per heavy atom. The summed E-state index contributed by atoms with van der Waals surface area (Å²) >= 11 is 0. The first kappa shape index (κ1) is 15.7.